The molecule has 1 fully saturated rings. The van der Waals surface area contributed by atoms with Crippen LogP contribution in [-0.4, -0.2) is 31.1 Å². The zero-order valence-corrected chi connectivity index (χ0v) is 10.6. The average molecular weight is 254 g/mol. The Bertz CT molecular complexity index is 453. The van der Waals surface area contributed by atoms with Gasteiger partial charge in [0.1, 0.15) is 0 Å². The smallest absolute Gasteiger partial charge is 0.150 e. The maximum atomic E-state index is 11.3. The third kappa shape index (κ3) is 3.54. The summed E-state index contributed by atoms with van der Waals surface area (Å²) in [7, 11) is -2.88. The Morgan fingerprint density at radius 3 is 2.59 bits per heavy atom. The Morgan fingerprint density at radius 2 is 2.00 bits per heavy atom. The van der Waals surface area contributed by atoms with E-state index in [-0.39, 0.29) is 17.4 Å². The van der Waals surface area contributed by atoms with E-state index in [1.165, 1.54) is 5.56 Å². The van der Waals surface area contributed by atoms with Gasteiger partial charge in [0.05, 0.1) is 17.6 Å². The molecule has 17 heavy (non-hydrogen) atoms. The zero-order chi connectivity index (χ0) is 12.3. The van der Waals surface area contributed by atoms with Gasteiger partial charge in [-0.1, -0.05) is 30.3 Å². The van der Waals surface area contributed by atoms with E-state index in [0.29, 0.717) is 12.8 Å². The van der Waals surface area contributed by atoms with E-state index in [4.69, 9.17) is 0 Å². The van der Waals surface area contributed by atoms with Crippen molar-refractivity contribution >= 4 is 9.84 Å². The number of rotatable bonds is 4. The number of hydrogen-bond acceptors (Lipinski definition) is 3. The van der Waals surface area contributed by atoms with Crippen molar-refractivity contribution in [2.45, 2.75) is 25.4 Å². The molecule has 2 unspecified atom stereocenters. The van der Waals surface area contributed by atoms with Crippen LogP contribution in [0.4, 0.5) is 0 Å². The fourth-order valence-corrected chi connectivity index (χ4v) is 4.19. The van der Waals surface area contributed by atoms with Gasteiger partial charge in [-0.25, -0.2) is 8.42 Å². The quantitative estimate of drug-likeness (QED) is 0.884. The molecule has 0 radical (unpaired) electrons. The lowest BCUT2D eigenvalue weighted by atomic mass is 9.96. The average Bonchev–Trinajstić information content (AvgIpc) is 2.68. The molecular weight excluding hydrogens is 236 g/mol. The van der Waals surface area contributed by atoms with Crippen molar-refractivity contribution in [1.29, 1.82) is 0 Å². The number of aryl methyl sites for hydroxylation is 1. The molecule has 1 N–H and O–H groups in total. The van der Waals surface area contributed by atoms with Gasteiger partial charge in [0.2, 0.25) is 0 Å². The molecule has 0 amide bonds. The van der Waals surface area contributed by atoms with Crippen molar-refractivity contribution in [2.75, 3.05) is 11.5 Å². The van der Waals surface area contributed by atoms with Gasteiger partial charge in [0, 0.05) is 0 Å². The van der Waals surface area contributed by atoms with E-state index in [0.717, 1.165) is 6.42 Å². The first-order valence-corrected chi connectivity index (χ1v) is 7.81. The summed E-state index contributed by atoms with van der Waals surface area (Å²) in [5, 5.41) is 9.98. The first-order valence-electron chi connectivity index (χ1n) is 5.99. The summed E-state index contributed by atoms with van der Waals surface area (Å²) in [5.74, 6) is 0.326. The number of aliphatic hydroxyl groups is 1. The molecule has 1 heterocycles. The Morgan fingerprint density at radius 1 is 1.29 bits per heavy atom. The predicted molar refractivity (Wildman–Crippen MR) is 67.5 cm³/mol. The van der Waals surface area contributed by atoms with Crippen LogP contribution in [0.2, 0.25) is 0 Å². The van der Waals surface area contributed by atoms with Gasteiger partial charge in [-0.15, -0.1) is 0 Å². The molecule has 0 aliphatic carbocycles. The van der Waals surface area contributed by atoms with Gasteiger partial charge in [-0.3, -0.25) is 0 Å². The summed E-state index contributed by atoms with van der Waals surface area (Å²) in [6, 6.07) is 9.96. The molecule has 4 heteroatoms. The highest BCUT2D eigenvalue weighted by Crippen LogP contribution is 2.24. The van der Waals surface area contributed by atoms with Crippen molar-refractivity contribution < 1.29 is 13.5 Å². The van der Waals surface area contributed by atoms with Gasteiger partial charge in [0.15, 0.2) is 9.84 Å². The SMILES string of the molecule is O=S1(=O)CCC(C(O)CCc2ccccc2)C1. The van der Waals surface area contributed by atoms with Crippen molar-refractivity contribution in [3.8, 4) is 0 Å². The van der Waals surface area contributed by atoms with Gasteiger partial charge < -0.3 is 5.11 Å². The molecule has 3 nitrogen and oxygen atoms in total. The fourth-order valence-electron chi connectivity index (χ4n) is 2.32. The van der Waals surface area contributed by atoms with Gasteiger partial charge in [-0.05, 0) is 30.7 Å². The number of hydrogen-bond donors (Lipinski definition) is 1. The number of sulfone groups is 1. The second-order valence-corrected chi connectivity index (χ2v) is 6.98. The first-order chi connectivity index (χ1) is 8.07. The van der Waals surface area contributed by atoms with Crippen molar-refractivity contribution in [3.63, 3.8) is 0 Å². The Balaban J connectivity index is 1.84. The molecule has 2 atom stereocenters. The molecule has 1 aromatic carbocycles. The molecule has 0 aromatic heterocycles. The van der Waals surface area contributed by atoms with Crippen molar-refractivity contribution in [1.82, 2.24) is 0 Å². The molecule has 1 aromatic rings. The molecule has 0 bridgehead atoms. The summed E-state index contributed by atoms with van der Waals surface area (Å²) in [6.45, 7) is 0. The minimum absolute atomic E-state index is 0.0660. The second-order valence-electron chi connectivity index (χ2n) is 4.75. The molecule has 0 spiro atoms. The van der Waals surface area contributed by atoms with Crippen LogP contribution in [0.25, 0.3) is 0 Å². The fraction of sp³-hybridized carbons (Fsp3) is 0.538. The maximum Gasteiger partial charge on any atom is 0.150 e. The lowest BCUT2D eigenvalue weighted by Gasteiger charge is -2.16. The molecular formula is C13H18O3S. The van der Waals surface area contributed by atoms with E-state index in [2.05, 4.69) is 0 Å². The summed E-state index contributed by atoms with van der Waals surface area (Å²) in [4.78, 5) is 0. The lowest BCUT2D eigenvalue weighted by molar-refractivity contribution is 0.111. The summed E-state index contributed by atoms with van der Waals surface area (Å²) < 4.78 is 22.6. The van der Waals surface area contributed by atoms with Crippen LogP contribution in [0.1, 0.15) is 18.4 Å². The van der Waals surface area contributed by atoms with Crippen molar-refractivity contribution in [2.24, 2.45) is 5.92 Å². The van der Waals surface area contributed by atoms with Crippen LogP contribution in [0.5, 0.6) is 0 Å². The minimum atomic E-state index is -2.88. The van der Waals surface area contributed by atoms with Crippen molar-refractivity contribution in [3.05, 3.63) is 35.9 Å². The monoisotopic (exact) mass is 254 g/mol. The van der Waals surface area contributed by atoms with Crippen LogP contribution in [0, 0.1) is 5.92 Å². The molecule has 0 saturated carbocycles. The van der Waals surface area contributed by atoms with Crippen LogP contribution < -0.4 is 0 Å². The normalized spacial score (nSPS) is 24.6. The van der Waals surface area contributed by atoms with Crippen LogP contribution >= 0.6 is 0 Å². The van der Waals surface area contributed by atoms with Crippen LogP contribution in [0.3, 0.4) is 0 Å². The zero-order valence-electron chi connectivity index (χ0n) is 9.75. The molecule has 1 saturated heterocycles. The second kappa shape index (κ2) is 5.19. The summed E-state index contributed by atoms with van der Waals surface area (Å²) >= 11 is 0. The van der Waals surface area contributed by atoms with Crippen LogP contribution in [0.15, 0.2) is 30.3 Å². The third-order valence-electron chi connectivity index (χ3n) is 3.38. The first kappa shape index (κ1) is 12.6. The largest absolute Gasteiger partial charge is 0.393 e. The Labute approximate surface area is 102 Å². The van der Waals surface area contributed by atoms with Crippen LogP contribution in [-0.2, 0) is 16.3 Å². The van der Waals surface area contributed by atoms with E-state index >= 15 is 0 Å². The van der Waals surface area contributed by atoms with E-state index in [1.807, 2.05) is 30.3 Å². The topological polar surface area (TPSA) is 54.4 Å². The molecule has 1 aliphatic heterocycles. The van der Waals surface area contributed by atoms with Gasteiger partial charge in [0.25, 0.3) is 0 Å². The standard InChI is InChI=1S/C13H18O3S/c14-13(12-8-9-17(15,16)10-12)7-6-11-4-2-1-3-5-11/h1-5,12-14H,6-10H2. The molecule has 94 valence electrons. The Kier molecular flexibility index (Phi) is 3.84. The highest BCUT2D eigenvalue weighted by molar-refractivity contribution is 7.91. The highest BCUT2D eigenvalue weighted by atomic mass is 32.2. The Hall–Kier alpha value is -0.870. The summed E-state index contributed by atoms with van der Waals surface area (Å²) in [5.41, 5.74) is 1.19. The van der Waals surface area contributed by atoms with E-state index < -0.39 is 15.9 Å². The van der Waals surface area contributed by atoms with Gasteiger partial charge >= 0.3 is 0 Å². The predicted octanol–water partition coefficient (Wildman–Crippen LogP) is 1.41. The molecule has 2 rings (SSSR count). The number of benzene rings is 1. The molecule has 1 aliphatic rings. The number of aliphatic hydroxyl groups excluding tert-OH is 1. The van der Waals surface area contributed by atoms with Gasteiger partial charge in [-0.2, -0.15) is 0 Å². The van der Waals surface area contributed by atoms with E-state index in [1.54, 1.807) is 0 Å². The maximum absolute atomic E-state index is 11.3. The highest BCUT2D eigenvalue weighted by Gasteiger charge is 2.32. The van der Waals surface area contributed by atoms with E-state index in [9.17, 15) is 13.5 Å². The lowest BCUT2D eigenvalue weighted by Crippen LogP contribution is -2.22. The minimum Gasteiger partial charge on any atom is -0.393 e. The third-order valence-corrected chi connectivity index (χ3v) is 5.18. The summed E-state index contributed by atoms with van der Waals surface area (Å²) in [6.07, 6.45) is 1.56.